The molecule has 35 heavy (non-hydrogen) atoms. The van der Waals surface area contributed by atoms with Gasteiger partial charge < -0.3 is 29.4 Å². The van der Waals surface area contributed by atoms with Crippen LogP contribution in [-0.4, -0.2) is 26.6 Å². The molecule has 2 unspecified atom stereocenters. The minimum Gasteiger partial charge on any atom is -0.508 e. The normalized spacial score (nSPS) is 18.7. The summed E-state index contributed by atoms with van der Waals surface area (Å²) in [5.41, 5.74) is 6.14. The summed E-state index contributed by atoms with van der Waals surface area (Å²) in [5, 5.41) is 13.9. The third kappa shape index (κ3) is 3.57. The Labute approximate surface area is 208 Å². The van der Waals surface area contributed by atoms with Gasteiger partial charge >= 0.3 is 0 Å². The Morgan fingerprint density at radius 3 is 2.51 bits per heavy atom. The number of fused-ring (bicyclic) bond motifs is 1. The van der Waals surface area contributed by atoms with Crippen LogP contribution in [0.1, 0.15) is 34.7 Å². The Morgan fingerprint density at radius 1 is 0.971 bits per heavy atom. The fourth-order valence-electron chi connectivity index (χ4n) is 5.07. The maximum absolute atomic E-state index is 9.77. The fourth-order valence-corrected chi connectivity index (χ4v) is 5.42. The van der Waals surface area contributed by atoms with E-state index < -0.39 is 0 Å². The van der Waals surface area contributed by atoms with E-state index in [1.165, 1.54) is 0 Å². The van der Waals surface area contributed by atoms with Crippen LogP contribution in [0.4, 0.5) is 5.69 Å². The fraction of sp³-hybridized carbons (Fsp3) is 0.185. The van der Waals surface area contributed by atoms with E-state index in [4.69, 9.17) is 21.7 Å². The summed E-state index contributed by atoms with van der Waals surface area (Å²) in [6.07, 6.45) is 1.81. The quantitative estimate of drug-likeness (QED) is 0.391. The van der Waals surface area contributed by atoms with E-state index in [0.29, 0.717) is 10.9 Å². The Balaban J connectivity index is 1.51. The smallest absolute Gasteiger partial charge is 0.231 e. The van der Waals surface area contributed by atoms with Gasteiger partial charge in [-0.3, -0.25) is 4.98 Å². The molecule has 0 bridgehead atoms. The zero-order valence-electron chi connectivity index (χ0n) is 19.3. The number of aromatic hydroxyl groups is 1. The molecule has 7 nitrogen and oxygen atoms in total. The Morgan fingerprint density at radius 2 is 1.74 bits per heavy atom. The highest BCUT2D eigenvalue weighted by atomic mass is 32.1. The number of phenolic OH excluding ortho intramolecular Hbond substituents is 1. The molecule has 2 aliphatic rings. The van der Waals surface area contributed by atoms with E-state index in [1.54, 1.807) is 18.3 Å². The minimum atomic E-state index is -0.150. The van der Waals surface area contributed by atoms with Gasteiger partial charge in [-0.2, -0.15) is 0 Å². The molecule has 4 heterocycles. The third-order valence-electron chi connectivity index (χ3n) is 6.63. The summed E-state index contributed by atoms with van der Waals surface area (Å²) in [6.45, 7) is 4.42. The van der Waals surface area contributed by atoms with Crippen molar-refractivity contribution >= 4 is 23.0 Å². The summed E-state index contributed by atoms with van der Waals surface area (Å²) in [7, 11) is 0. The average molecular weight is 485 g/mol. The lowest BCUT2D eigenvalue weighted by atomic mass is 9.96. The van der Waals surface area contributed by atoms with E-state index in [-0.39, 0.29) is 24.6 Å². The Bertz CT molecular complexity index is 1420. The van der Waals surface area contributed by atoms with Crippen molar-refractivity contribution in [1.29, 1.82) is 0 Å². The van der Waals surface area contributed by atoms with Crippen LogP contribution >= 0.6 is 12.2 Å². The van der Waals surface area contributed by atoms with Crippen molar-refractivity contribution in [3.05, 3.63) is 95.6 Å². The first-order valence-electron chi connectivity index (χ1n) is 11.4. The monoisotopic (exact) mass is 484 g/mol. The molecular weight excluding hydrogens is 460 g/mol. The number of benzene rings is 2. The summed E-state index contributed by atoms with van der Waals surface area (Å²) in [5.74, 6) is 1.68. The van der Waals surface area contributed by atoms with Crippen molar-refractivity contribution in [3.63, 3.8) is 0 Å². The van der Waals surface area contributed by atoms with Crippen LogP contribution in [0, 0.1) is 13.8 Å². The molecular formula is C27H24N4O3S. The first kappa shape index (κ1) is 21.5. The average Bonchev–Trinajstić information content (AvgIpc) is 3.55. The molecule has 0 aliphatic carbocycles. The molecule has 2 atom stereocenters. The number of aryl methyl sites for hydroxylation is 1. The Kier molecular flexibility index (Phi) is 5.11. The van der Waals surface area contributed by atoms with Gasteiger partial charge in [0.05, 0.1) is 17.8 Å². The predicted octanol–water partition coefficient (Wildman–Crippen LogP) is 5.10. The van der Waals surface area contributed by atoms with Crippen LogP contribution in [0.3, 0.4) is 0 Å². The lowest BCUT2D eigenvalue weighted by Crippen LogP contribution is -2.29. The first-order valence-corrected chi connectivity index (χ1v) is 11.8. The predicted molar refractivity (Wildman–Crippen MR) is 137 cm³/mol. The SMILES string of the molecule is Cc1cc(C2C(c3ccccn3)NC(=S)N2c2ccc3c(c2)OCO3)c(C)n1-c1ccc(O)cc1. The summed E-state index contributed by atoms with van der Waals surface area (Å²) >= 11 is 5.88. The van der Waals surface area contributed by atoms with Crippen LogP contribution in [0.25, 0.3) is 5.69 Å². The molecule has 0 radical (unpaired) electrons. The molecule has 176 valence electrons. The van der Waals surface area contributed by atoms with Crippen molar-refractivity contribution in [1.82, 2.24) is 14.9 Å². The second-order valence-corrected chi connectivity index (χ2v) is 9.10. The van der Waals surface area contributed by atoms with Crippen molar-refractivity contribution in [3.8, 4) is 22.9 Å². The van der Waals surface area contributed by atoms with Gasteiger partial charge in [0, 0.05) is 35.0 Å². The van der Waals surface area contributed by atoms with Crippen molar-refractivity contribution in [2.45, 2.75) is 25.9 Å². The lowest BCUT2D eigenvalue weighted by Gasteiger charge is -2.28. The van der Waals surface area contributed by atoms with Crippen LogP contribution in [0.5, 0.6) is 17.2 Å². The number of nitrogens with zero attached hydrogens (tertiary/aromatic N) is 3. The molecule has 1 fully saturated rings. The van der Waals surface area contributed by atoms with Gasteiger partial charge in [-0.25, -0.2) is 0 Å². The highest BCUT2D eigenvalue weighted by molar-refractivity contribution is 7.80. The number of phenols is 1. The topological polar surface area (TPSA) is 71.8 Å². The minimum absolute atomic E-state index is 0.144. The van der Waals surface area contributed by atoms with Crippen LogP contribution in [0.2, 0.25) is 0 Å². The number of aromatic nitrogens is 2. The molecule has 0 amide bonds. The standard InChI is InChI=1S/C27H24N4O3S/c1-16-13-21(17(2)30(16)18-6-9-20(32)10-7-18)26-25(22-5-3-4-12-28-22)29-27(35)31(26)19-8-11-23-24(14-19)34-15-33-23/h3-14,25-26,32H,15H2,1-2H3,(H,29,35). The molecule has 8 heteroatoms. The number of anilines is 1. The molecule has 2 aromatic carbocycles. The molecule has 6 rings (SSSR count). The molecule has 2 N–H and O–H groups in total. The number of rotatable bonds is 4. The highest BCUT2D eigenvalue weighted by Crippen LogP contribution is 2.46. The number of ether oxygens (including phenoxy) is 2. The zero-order chi connectivity index (χ0) is 24.1. The van der Waals surface area contributed by atoms with Crippen LogP contribution in [0.15, 0.2) is 72.9 Å². The third-order valence-corrected chi connectivity index (χ3v) is 6.94. The number of hydrogen-bond acceptors (Lipinski definition) is 5. The zero-order valence-corrected chi connectivity index (χ0v) is 20.1. The summed E-state index contributed by atoms with van der Waals surface area (Å²) in [6, 6.07) is 21.0. The van der Waals surface area contributed by atoms with Gasteiger partial charge in [-0.15, -0.1) is 0 Å². The summed E-state index contributed by atoms with van der Waals surface area (Å²) in [4.78, 5) is 6.79. The molecule has 2 aliphatic heterocycles. The van der Waals surface area contributed by atoms with Gasteiger partial charge in [0.1, 0.15) is 5.75 Å². The maximum atomic E-state index is 9.77. The molecule has 1 saturated heterocycles. The number of thiocarbonyl (C=S) groups is 1. The lowest BCUT2D eigenvalue weighted by molar-refractivity contribution is 0.174. The second-order valence-electron chi connectivity index (χ2n) is 8.71. The van der Waals surface area contributed by atoms with E-state index in [1.807, 2.05) is 48.5 Å². The number of hydrogen-bond donors (Lipinski definition) is 2. The van der Waals surface area contributed by atoms with E-state index >= 15 is 0 Å². The molecule has 2 aromatic heterocycles. The van der Waals surface area contributed by atoms with Gasteiger partial charge in [0.15, 0.2) is 16.6 Å². The van der Waals surface area contributed by atoms with E-state index in [2.05, 4.69) is 39.7 Å². The van der Waals surface area contributed by atoms with Crippen molar-refractivity contribution < 1.29 is 14.6 Å². The van der Waals surface area contributed by atoms with Crippen LogP contribution < -0.4 is 19.7 Å². The number of pyridine rings is 1. The second kappa shape index (κ2) is 8.32. The van der Waals surface area contributed by atoms with Gasteiger partial charge in [-0.1, -0.05) is 6.07 Å². The van der Waals surface area contributed by atoms with Crippen molar-refractivity contribution in [2.24, 2.45) is 0 Å². The van der Waals surface area contributed by atoms with Crippen molar-refractivity contribution in [2.75, 3.05) is 11.7 Å². The van der Waals surface area contributed by atoms with Gasteiger partial charge in [0.2, 0.25) is 6.79 Å². The van der Waals surface area contributed by atoms with E-state index in [0.717, 1.165) is 39.8 Å². The molecule has 4 aromatic rings. The molecule has 0 spiro atoms. The first-order chi connectivity index (χ1) is 17.0. The maximum Gasteiger partial charge on any atom is 0.231 e. The van der Waals surface area contributed by atoms with Gasteiger partial charge in [0.25, 0.3) is 0 Å². The van der Waals surface area contributed by atoms with Gasteiger partial charge in [-0.05, 0) is 86.2 Å². The largest absolute Gasteiger partial charge is 0.508 e. The van der Waals surface area contributed by atoms with E-state index in [9.17, 15) is 5.11 Å². The number of nitrogens with one attached hydrogen (secondary N) is 1. The Hall–Kier alpha value is -4.04. The summed E-state index contributed by atoms with van der Waals surface area (Å²) < 4.78 is 13.4. The highest BCUT2D eigenvalue weighted by Gasteiger charge is 2.42. The van der Waals surface area contributed by atoms with Crippen LogP contribution in [-0.2, 0) is 0 Å². The molecule has 0 saturated carbocycles.